The lowest BCUT2D eigenvalue weighted by molar-refractivity contribution is 0.738. The molecule has 0 saturated heterocycles. The molecule has 2 aromatic rings. The molecule has 0 bridgehead atoms. The van der Waals surface area contributed by atoms with Gasteiger partial charge in [0.05, 0.1) is 0 Å². The van der Waals surface area contributed by atoms with E-state index in [2.05, 4.69) is 9.97 Å². The maximum absolute atomic E-state index is 5.84. The van der Waals surface area contributed by atoms with Gasteiger partial charge in [-0.15, -0.1) is 22.7 Å². The van der Waals surface area contributed by atoms with Crippen molar-refractivity contribution in [2.45, 2.75) is 31.6 Å². The number of nitrogens with two attached hydrogens (primary N) is 1. The van der Waals surface area contributed by atoms with Crippen LogP contribution in [0.15, 0.2) is 11.6 Å². The Morgan fingerprint density at radius 3 is 2.81 bits per heavy atom. The standard InChI is InChI=1S/C11H13N3S2/c12-11-14-8(10-13-5-6-15-10)9(16-11)7-3-1-2-4-7/h5-7H,1-4H2,(H2,12,14). The first-order valence-corrected chi connectivity index (χ1v) is 7.20. The van der Waals surface area contributed by atoms with Crippen LogP contribution in [0.1, 0.15) is 36.5 Å². The Labute approximate surface area is 102 Å². The molecule has 3 rings (SSSR count). The summed E-state index contributed by atoms with van der Waals surface area (Å²) in [5.41, 5.74) is 6.87. The first-order chi connectivity index (χ1) is 7.84. The maximum Gasteiger partial charge on any atom is 0.180 e. The zero-order chi connectivity index (χ0) is 11.0. The number of nitrogens with zero attached hydrogens (tertiary/aromatic N) is 2. The van der Waals surface area contributed by atoms with Crippen LogP contribution in [0, 0.1) is 0 Å². The van der Waals surface area contributed by atoms with Gasteiger partial charge in [0.25, 0.3) is 0 Å². The molecule has 3 nitrogen and oxygen atoms in total. The normalized spacial score (nSPS) is 17.0. The van der Waals surface area contributed by atoms with Crippen molar-refractivity contribution in [3.63, 3.8) is 0 Å². The molecule has 0 unspecified atom stereocenters. The van der Waals surface area contributed by atoms with Gasteiger partial charge in [0.2, 0.25) is 0 Å². The quantitative estimate of drug-likeness (QED) is 0.888. The Bertz CT molecular complexity index is 469. The third-order valence-corrected chi connectivity index (χ3v) is 4.86. The molecule has 2 aromatic heterocycles. The molecule has 1 aliphatic rings. The van der Waals surface area contributed by atoms with E-state index in [4.69, 9.17) is 5.73 Å². The Hall–Kier alpha value is -0.940. The van der Waals surface area contributed by atoms with Gasteiger partial charge in [-0.25, -0.2) is 9.97 Å². The minimum Gasteiger partial charge on any atom is -0.375 e. The Balaban J connectivity index is 2.03. The van der Waals surface area contributed by atoms with Crippen LogP contribution < -0.4 is 5.73 Å². The Morgan fingerprint density at radius 2 is 2.12 bits per heavy atom. The molecule has 1 aliphatic carbocycles. The van der Waals surface area contributed by atoms with Gasteiger partial charge in [0.1, 0.15) is 10.7 Å². The predicted molar refractivity (Wildman–Crippen MR) is 68.8 cm³/mol. The van der Waals surface area contributed by atoms with Crippen LogP contribution in [-0.2, 0) is 0 Å². The molecule has 0 radical (unpaired) electrons. The van der Waals surface area contributed by atoms with Gasteiger partial charge >= 0.3 is 0 Å². The number of hydrogen-bond donors (Lipinski definition) is 1. The highest BCUT2D eigenvalue weighted by Crippen LogP contribution is 2.43. The van der Waals surface area contributed by atoms with Gasteiger partial charge in [-0.1, -0.05) is 12.8 Å². The molecule has 0 atom stereocenters. The smallest absolute Gasteiger partial charge is 0.180 e. The van der Waals surface area contributed by atoms with Crippen molar-refractivity contribution < 1.29 is 0 Å². The van der Waals surface area contributed by atoms with E-state index >= 15 is 0 Å². The average Bonchev–Trinajstić information content (AvgIpc) is 2.98. The number of rotatable bonds is 2. The van der Waals surface area contributed by atoms with Gasteiger partial charge in [-0.3, -0.25) is 0 Å². The van der Waals surface area contributed by atoms with Gasteiger partial charge in [0, 0.05) is 16.5 Å². The van der Waals surface area contributed by atoms with Crippen molar-refractivity contribution in [2.24, 2.45) is 0 Å². The number of hydrogen-bond acceptors (Lipinski definition) is 5. The zero-order valence-corrected chi connectivity index (χ0v) is 10.5. The van der Waals surface area contributed by atoms with Gasteiger partial charge in [-0.05, 0) is 18.8 Å². The molecule has 5 heteroatoms. The van der Waals surface area contributed by atoms with Crippen molar-refractivity contribution in [1.82, 2.24) is 9.97 Å². The van der Waals surface area contributed by atoms with Crippen LogP contribution in [-0.4, -0.2) is 9.97 Å². The second-order valence-electron chi connectivity index (χ2n) is 4.08. The lowest BCUT2D eigenvalue weighted by Crippen LogP contribution is -1.91. The highest BCUT2D eigenvalue weighted by Gasteiger charge is 2.24. The minimum absolute atomic E-state index is 0.661. The molecule has 0 amide bonds. The van der Waals surface area contributed by atoms with Crippen LogP contribution in [0.25, 0.3) is 10.7 Å². The number of nitrogen functional groups attached to an aromatic ring is 1. The number of aromatic nitrogens is 2. The van der Waals surface area contributed by atoms with Crippen molar-refractivity contribution in [2.75, 3.05) is 5.73 Å². The van der Waals surface area contributed by atoms with Crippen molar-refractivity contribution in [1.29, 1.82) is 0 Å². The third kappa shape index (κ3) is 1.74. The lowest BCUT2D eigenvalue weighted by Gasteiger charge is -2.06. The fourth-order valence-corrected chi connectivity index (χ4v) is 4.02. The van der Waals surface area contributed by atoms with E-state index in [0.717, 1.165) is 10.7 Å². The molecule has 16 heavy (non-hydrogen) atoms. The van der Waals surface area contributed by atoms with Crippen LogP contribution in [0.2, 0.25) is 0 Å². The van der Waals surface area contributed by atoms with Crippen LogP contribution in [0.4, 0.5) is 5.13 Å². The summed E-state index contributed by atoms with van der Waals surface area (Å²) in [4.78, 5) is 10.1. The van der Waals surface area contributed by atoms with E-state index in [9.17, 15) is 0 Å². The van der Waals surface area contributed by atoms with Gasteiger partial charge < -0.3 is 5.73 Å². The van der Waals surface area contributed by atoms with E-state index in [-0.39, 0.29) is 0 Å². The number of thiazole rings is 2. The first-order valence-electron chi connectivity index (χ1n) is 5.50. The summed E-state index contributed by atoms with van der Waals surface area (Å²) in [5, 5.41) is 3.67. The molecular formula is C11H13N3S2. The minimum atomic E-state index is 0.661. The summed E-state index contributed by atoms with van der Waals surface area (Å²) in [6, 6.07) is 0. The summed E-state index contributed by atoms with van der Waals surface area (Å²) in [6.45, 7) is 0. The lowest BCUT2D eigenvalue weighted by atomic mass is 10.1. The Morgan fingerprint density at radius 1 is 1.31 bits per heavy atom. The van der Waals surface area contributed by atoms with E-state index in [1.807, 2.05) is 11.6 Å². The summed E-state index contributed by atoms with van der Waals surface area (Å²) < 4.78 is 0. The molecule has 1 fully saturated rings. The van der Waals surface area contributed by atoms with E-state index in [1.54, 1.807) is 22.7 Å². The molecule has 1 saturated carbocycles. The largest absolute Gasteiger partial charge is 0.375 e. The van der Waals surface area contributed by atoms with Crippen LogP contribution in [0.3, 0.4) is 0 Å². The maximum atomic E-state index is 5.84. The zero-order valence-electron chi connectivity index (χ0n) is 8.85. The third-order valence-electron chi connectivity index (χ3n) is 3.03. The highest BCUT2D eigenvalue weighted by atomic mass is 32.1. The second kappa shape index (κ2) is 4.14. The van der Waals surface area contributed by atoms with Crippen LogP contribution >= 0.6 is 22.7 Å². The van der Waals surface area contributed by atoms with Crippen LogP contribution in [0.5, 0.6) is 0 Å². The average molecular weight is 251 g/mol. The van der Waals surface area contributed by atoms with Crippen molar-refractivity contribution >= 4 is 27.8 Å². The summed E-state index contributed by atoms with van der Waals surface area (Å²) in [5.74, 6) is 0.661. The summed E-state index contributed by atoms with van der Waals surface area (Å²) in [6.07, 6.45) is 7.05. The van der Waals surface area contributed by atoms with E-state index < -0.39 is 0 Å². The van der Waals surface area contributed by atoms with Crippen molar-refractivity contribution in [3.8, 4) is 10.7 Å². The molecule has 2 N–H and O–H groups in total. The van der Waals surface area contributed by atoms with E-state index in [0.29, 0.717) is 11.0 Å². The molecule has 2 heterocycles. The SMILES string of the molecule is Nc1nc(-c2nccs2)c(C2CCCC2)s1. The highest BCUT2D eigenvalue weighted by molar-refractivity contribution is 7.17. The fourth-order valence-electron chi connectivity index (χ4n) is 2.31. The van der Waals surface area contributed by atoms with Crippen molar-refractivity contribution in [3.05, 3.63) is 16.5 Å². The molecular weight excluding hydrogens is 238 g/mol. The Kier molecular flexibility index (Phi) is 2.65. The summed E-state index contributed by atoms with van der Waals surface area (Å²) >= 11 is 3.28. The predicted octanol–water partition coefficient (Wildman–Crippen LogP) is 3.51. The summed E-state index contributed by atoms with van der Waals surface area (Å²) in [7, 11) is 0. The molecule has 84 valence electrons. The molecule has 0 aromatic carbocycles. The molecule has 0 spiro atoms. The topological polar surface area (TPSA) is 51.8 Å². The van der Waals surface area contributed by atoms with Gasteiger partial charge in [-0.2, -0.15) is 0 Å². The fraction of sp³-hybridized carbons (Fsp3) is 0.455. The number of anilines is 1. The first kappa shape index (κ1) is 10.2. The van der Waals surface area contributed by atoms with Gasteiger partial charge in [0.15, 0.2) is 5.13 Å². The van der Waals surface area contributed by atoms with E-state index in [1.165, 1.54) is 30.6 Å². The molecule has 0 aliphatic heterocycles. The second-order valence-corrected chi connectivity index (χ2v) is 6.04. The monoisotopic (exact) mass is 251 g/mol.